The summed E-state index contributed by atoms with van der Waals surface area (Å²) < 4.78 is 24.4. The molecule has 9 aromatic rings. The topological polar surface area (TPSA) is 88.5 Å². The Morgan fingerprint density at radius 3 is 0.629 bits per heavy atom. The molecule has 9 rings (SSSR count). The number of methoxy groups -OCH3 is 4. The normalized spacial score (nSPS) is 10.9. The van der Waals surface area contributed by atoms with Crippen molar-refractivity contribution in [1.29, 1.82) is 0 Å². The molecule has 0 saturated carbocycles. The molecule has 0 saturated heterocycles. The number of rotatable bonds is 12. The molecule has 302 valence electrons. The standard InChI is InChI=1S/C54H42N4O4/c1-59-51-29-39(5-9-43(51)35-13-21-55-22-14-35)47-33-49(41-7-11-45(53(31-41)61-3)37-17-25-57-26-18-37)50(42-8-12-46(54(32-42)62-4)38-19-27-58-28-20-38)34-48(47)40-6-10-44(52(30-40)60-2)36-15-23-56-24-16-36/h5-34H,1-4H3. The highest BCUT2D eigenvalue weighted by Crippen LogP contribution is 2.47. The van der Waals surface area contributed by atoms with E-state index in [-0.39, 0.29) is 0 Å². The Morgan fingerprint density at radius 1 is 0.226 bits per heavy atom. The molecule has 0 radical (unpaired) electrons. The van der Waals surface area contributed by atoms with Gasteiger partial charge in [0.15, 0.2) is 0 Å². The molecule has 0 unspecified atom stereocenters. The fourth-order valence-electron chi connectivity index (χ4n) is 8.07. The minimum absolute atomic E-state index is 0.746. The van der Waals surface area contributed by atoms with Crippen molar-refractivity contribution >= 4 is 0 Å². The summed E-state index contributed by atoms with van der Waals surface area (Å²) >= 11 is 0. The van der Waals surface area contributed by atoms with Gasteiger partial charge in [0.2, 0.25) is 0 Å². The second-order valence-corrected chi connectivity index (χ2v) is 14.5. The van der Waals surface area contributed by atoms with Gasteiger partial charge in [0, 0.05) is 71.8 Å². The van der Waals surface area contributed by atoms with Gasteiger partial charge in [-0.25, -0.2) is 0 Å². The maximum absolute atomic E-state index is 6.09. The highest BCUT2D eigenvalue weighted by Gasteiger charge is 2.21. The minimum atomic E-state index is 0.746. The number of hydrogen-bond donors (Lipinski definition) is 0. The van der Waals surface area contributed by atoms with E-state index in [2.05, 4.69) is 105 Å². The van der Waals surface area contributed by atoms with E-state index in [4.69, 9.17) is 18.9 Å². The van der Waals surface area contributed by atoms with Crippen molar-refractivity contribution in [1.82, 2.24) is 19.9 Å². The van der Waals surface area contributed by atoms with E-state index in [0.29, 0.717) is 0 Å². The van der Waals surface area contributed by atoms with Gasteiger partial charge in [0.25, 0.3) is 0 Å². The summed E-state index contributed by atoms with van der Waals surface area (Å²) in [7, 11) is 6.84. The van der Waals surface area contributed by atoms with Crippen LogP contribution >= 0.6 is 0 Å². The van der Waals surface area contributed by atoms with Gasteiger partial charge < -0.3 is 18.9 Å². The van der Waals surface area contributed by atoms with Gasteiger partial charge in [-0.05, 0) is 152 Å². The zero-order chi connectivity index (χ0) is 42.4. The fraction of sp³-hybridized carbons (Fsp3) is 0.0741. The molecule has 4 aromatic heterocycles. The van der Waals surface area contributed by atoms with Crippen molar-refractivity contribution in [3.05, 3.63) is 183 Å². The van der Waals surface area contributed by atoms with Gasteiger partial charge in [-0.3, -0.25) is 19.9 Å². The number of benzene rings is 5. The molecule has 0 aliphatic heterocycles. The van der Waals surface area contributed by atoms with Crippen molar-refractivity contribution in [2.24, 2.45) is 0 Å². The quantitative estimate of drug-likeness (QED) is 0.121. The Balaban J connectivity index is 1.32. The molecule has 0 bridgehead atoms. The van der Waals surface area contributed by atoms with Crippen LogP contribution in [-0.4, -0.2) is 48.4 Å². The molecule has 0 amide bonds. The third-order valence-corrected chi connectivity index (χ3v) is 11.2. The lowest BCUT2D eigenvalue weighted by Crippen LogP contribution is -1.97. The second-order valence-electron chi connectivity index (χ2n) is 14.5. The summed E-state index contributed by atoms with van der Waals surface area (Å²) in [6.07, 6.45) is 14.3. The summed E-state index contributed by atoms with van der Waals surface area (Å²) in [5, 5.41) is 0. The Hall–Kier alpha value is -8.10. The first-order valence-corrected chi connectivity index (χ1v) is 20.1. The molecule has 5 aromatic carbocycles. The average molecular weight is 811 g/mol. The van der Waals surface area contributed by atoms with Gasteiger partial charge >= 0.3 is 0 Å². The van der Waals surface area contributed by atoms with E-state index in [0.717, 1.165) is 112 Å². The number of ether oxygens (including phenoxy) is 4. The summed E-state index contributed by atoms with van der Waals surface area (Å²) in [6.45, 7) is 0. The van der Waals surface area contributed by atoms with Crippen LogP contribution in [0.25, 0.3) is 89.0 Å². The molecular weight excluding hydrogens is 769 g/mol. The first-order valence-electron chi connectivity index (χ1n) is 20.1. The maximum atomic E-state index is 6.09. The smallest absolute Gasteiger partial charge is 0.127 e. The first kappa shape index (κ1) is 39.4. The van der Waals surface area contributed by atoms with Crippen molar-refractivity contribution < 1.29 is 18.9 Å². The predicted molar refractivity (Wildman–Crippen MR) is 247 cm³/mol. The number of pyridine rings is 4. The van der Waals surface area contributed by atoms with E-state index < -0.39 is 0 Å². The van der Waals surface area contributed by atoms with Crippen LogP contribution in [0.1, 0.15) is 0 Å². The molecule has 0 aliphatic rings. The zero-order valence-electron chi connectivity index (χ0n) is 34.7. The molecule has 0 atom stereocenters. The summed E-state index contributed by atoms with van der Waals surface area (Å²) in [4.78, 5) is 17.0. The van der Waals surface area contributed by atoms with Crippen LogP contribution in [0.3, 0.4) is 0 Å². The molecule has 0 spiro atoms. The zero-order valence-corrected chi connectivity index (χ0v) is 34.7. The Bertz CT molecular complexity index is 2590. The van der Waals surface area contributed by atoms with Gasteiger partial charge in [-0.15, -0.1) is 0 Å². The number of nitrogens with zero attached hydrogens (tertiary/aromatic N) is 4. The van der Waals surface area contributed by atoms with Crippen LogP contribution in [-0.2, 0) is 0 Å². The molecule has 0 fully saturated rings. The molecular formula is C54H42N4O4. The second kappa shape index (κ2) is 17.6. The molecule has 0 N–H and O–H groups in total. The van der Waals surface area contributed by atoms with Crippen molar-refractivity contribution in [3.8, 4) is 112 Å². The Morgan fingerprint density at radius 2 is 0.435 bits per heavy atom. The van der Waals surface area contributed by atoms with Crippen LogP contribution in [0.5, 0.6) is 23.0 Å². The molecule has 8 heteroatoms. The summed E-state index contributed by atoms with van der Waals surface area (Å²) in [6, 6.07) is 46.0. The lowest BCUT2D eigenvalue weighted by molar-refractivity contribution is 0.416. The summed E-state index contributed by atoms with van der Waals surface area (Å²) in [5.74, 6) is 2.98. The lowest BCUT2D eigenvalue weighted by Gasteiger charge is -2.21. The van der Waals surface area contributed by atoms with Crippen LogP contribution in [0.2, 0.25) is 0 Å². The number of hydrogen-bond acceptors (Lipinski definition) is 8. The average Bonchev–Trinajstić information content (AvgIpc) is 3.36. The van der Waals surface area contributed by atoms with Crippen molar-refractivity contribution in [2.45, 2.75) is 0 Å². The first-order chi connectivity index (χ1) is 30.6. The lowest BCUT2D eigenvalue weighted by atomic mass is 9.84. The molecule has 8 nitrogen and oxygen atoms in total. The van der Waals surface area contributed by atoms with Crippen LogP contribution < -0.4 is 18.9 Å². The van der Waals surface area contributed by atoms with Gasteiger partial charge in [0.05, 0.1) is 28.4 Å². The Labute approximate surface area is 361 Å². The summed E-state index contributed by atoms with van der Waals surface area (Å²) in [5.41, 5.74) is 15.9. The highest BCUT2D eigenvalue weighted by atomic mass is 16.5. The largest absolute Gasteiger partial charge is 0.496 e. The van der Waals surface area contributed by atoms with E-state index in [1.807, 2.05) is 48.5 Å². The van der Waals surface area contributed by atoms with E-state index in [1.165, 1.54) is 0 Å². The van der Waals surface area contributed by atoms with E-state index >= 15 is 0 Å². The highest BCUT2D eigenvalue weighted by molar-refractivity contribution is 5.97. The monoisotopic (exact) mass is 810 g/mol. The third-order valence-electron chi connectivity index (χ3n) is 11.2. The SMILES string of the molecule is COc1cc(-c2cc(-c3ccc(-c4ccncc4)c(OC)c3)c(-c3ccc(-c4ccncc4)c(OC)c3)cc2-c2ccc(-c3ccncc3)c(OC)c2)ccc1-c1ccncc1. The van der Waals surface area contributed by atoms with Crippen molar-refractivity contribution in [2.75, 3.05) is 28.4 Å². The van der Waals surface area contributed by atoms with Crippen LogP contribution in [0, 0.1) is 0 Å². The van der Waals surface area contributed by atoms with Crippen LogP contribution in [0.4, 0.5) is 0 Å². The van der Waals surface area contributed by atoms with E-state index in [9.17, 15) is 0 Å². The third kappa shape index (κ3) is 7.73. The van der Waals surface area contributed by atoms with Gasteiger partial charge in [0.1, 0.15) is 23.0 Å². The van der Waals surface area contributed by atoms with Gasteiger partial charge in [-0.2, -0.15) is 0 Å². The Kier molecular flexibility index (Phi) is 11.2. The maximum Gasteiger partial charge on any atom is 0.127 e. The van der Waals surface area contributed by atoms with E-state index in [1.54, 1.807) is 78.0 Å². The molecule has 62 heavy (non-hydrogen) atoms. The number of aromatic nitrogens is 4. The molecule has 0 aliphatic carbocycles. The van der Waals surface area contributed by atoms with Crippen LogP contribution in [0.15, 0.2) is 183 Å². The fourth-order valence-corrected chi connectivity index (χ4v) is 8.07. The molecule has 4 heterocycles. The van der Waals surface area contributed by atoms with Crippen molar-refractivity contribution in [3.63, 3.8) is 0 Å². The van der Waals surface area contributed by atoms with Gasteiger partial charge in [-0.1, -0.05) is 48.5 Å². The predicted octanol–water partition coefficient (Wildman–Crippen LogP) is 12.6. The minimum Gasteiger partial charge on any atom is -0.496 e.